The highest BCUT2D eigenvalue weighted by Gasteiger charge is 2.41. The van der Waals surface area contributed by atoms with Crippen molar-refractivity contribution in [1.82, 2.24) is 30.0 Å². The van der Waals surface area contributed by atoms with Crippen molar-refractivity contribution in [3.8, 4) is 17.0 Å². The Balaban J connectivity index is 1.45. The van der Waals surface area contributed by atoms with Crippen LogP contribution in [0, 0.1) is 6.92 Å². The van der Waals surface area contributed by atoms with Gasteiger partial charge in [0.2, 0.25) is 5.91 Å². The van der Waals surface area contributed by atoms with Gasteiger partial charge in [-0.15, -0.1) is 0 Å². The number of carbonyl (C=O) groups is 2. The van der Waals surface area contributed by atoms with Gasteiger partial charge in [0, 0.05) is 43.3 Å². The lowest BCUT2D eigenvalue weighted by Crippen LogP contribution is -2.57. The summed E-state index contributed by atoms with van der Waals surface area (Å²) in [7, 11) is 0. The fourth-order valence-corrected chi connectivity index (χ4v) is 6.48. The zero-order valence-corrected chi connectivity index (χ0v) is 23.3. The van der Waals surface area contributed by atoms with E-state index in [1.54, 1.807) is 22.2 Å². The van der Waals surface area contributed by atoms with Crippen molar-refractivity contribution in [2.24, 2.45) is 0 Å². The summed E-state index contributed by atoms with van der Waals surface area (Å²) in [5.74, 6) is 0.424. The molecule has 6 heterocycles. The van der Waals surface area contributed by atoms with Crippen LogP contribution in [0.1, 0.15) is 28.0 Å². The number of aromatic amines is 1. The molecule has 3 aliphatic rings. The molecule has 0 unspecified atom stereocenters. The zero-order chi connectivity index (χ0) is 28.2. The van der Waals surface area contributed by atoms with Crippen LogP contribution < -0.4 is 9.64 Å². The van der Waals surface area contributed by atoms with Crippen molar-refractivity contribution in [2.75, 3.05) is 37.7 Å². The molecule has 4 aromatic rings. The molecule has 2 amide bonds. The number of ether oxygens (including phenoxy) is 1. The van der Waals surface area contributed by atoms with E-state index < -0.39 is 0 Å². The van der Waals surface area contributed by atoms with Crippen LogP contribution in [0.25, 0.3) is 22.2 Å². The monoisotopic (exact) mass is 569 g/mol. The average Bonchev–Trinajstić information content (AvgIpc) is 3.42. The normalized spacial score (nSPS) is 18.3. The molecule has 41 heavy (non-hydrogen) atoms. The number of halogens is 1. The Bertz CT molecular complexity index is 1730. The first-order chi connectivity index (χ1) is 20.0. The van der Waals surface area contributed by atoms with Gasteiger partial charge in [0.1, 0.15) is 17.2 Å². The predicted octanol–water partition coefficient (Wildman–Crippen LogP) is 4.30. The molecule has 1 aromatic carbocycles. The second-order valence-electron chi connectivity index (χ2n) is 10.6. The van der Waals surface area contributed by atoms with E-state index in [1.807, 2.05) is 31.2 Å². The summed E-state index contributed by atoms with van der Waals surface area (Å²) < 4.78 is 6.43. The van der Waals surface area contributed by atoms with Crippen LogP contribution >= 0.6 is 11.6 Å². The van der Waals surface area contributed by atoms with Crippen molar-refractivity contribution < 1.29 is 14.3 Å². The Morgan fingerprint density at radius 2 is 2.10 bits per heavy atom. The lowest BCUT2D eigenvalue weighted by atomic mass is 9.99. The number of rotatable bonds is 3. The van der Waals surface area contributed by atoms with Gasteiger partial charge < -0.3 is 19.4 Å². The highest BCUT2D eigenvalue weighted by molar-refractivity contribution is 6.36. The van der Waals surface area contributed by atoms with Gasteiger partial charge in [-0.1, -0.05) is 24.2 Å². The van der Waals surface area contributed by atoms with Crippen molar-refractivity contribution >= 4 is 45.8 Å². The third-order valence-electron chi connectivity index (χ3n) is 8.22. The number of aromatic nitrogens is 4. The number of hydrogen-bond acceptors (Lipinski definition) is 7. The Morgan fingerprint density at radius 3 is 2.95 bits per heavy atom. The van der Waals surface area contributed by atoms with Gasteiger partial charge in [0.25, 0.3) is 5.91 Å². The van der Waals surface area contributed by atoms with Crippen LogP contribution in [-0.4, -0.2) is 80.6 Å². The number of H-pyrrole nitrogens is 1. The van der Waals surface area contributed by atoms with E-state index in [2.05, 4.69) is 26.7 Å². The summed E-state index contributed by atoms with van der Waals surface area (Å²) in [5, 5.41) is 8.43. The molecule has 0 saturated carbocycles. The van der Waals surface area contributed by atoms with Crippen molar-refractivity contribution in [3.63, 3.8) is 0 Å². The largest absolute Gasteiger partial charge is 0.489 e. The van der Waals surface area contributed by atoms with E-state index >= 15 is 0 Å². The minimum Gasteiger partial charge on any atom is -0.489 e. The molecule has 11 heteroatoms. The van der Waals surface area contributed by atoms with E-state index in [-0.39, 0.29) is 29.5 Å². The standard InChI is InChI=1S/C30H28ClN7O3/c1-3-23(39)36-12-13-37-18(15-36)16-41-28-25(30(37)40)29(38-11-5-6-21-22(38)7-4-10-32-21)34-27(26(28)31)24-17(2)8-9-20-19(24)14-33-35-20/h3-4,7-10,14,18H,1,5-6,11-13,15-16H2,2H3,(H,33,35)/t18-/m1/s1. The lowest BCUT2D eigenvalue weighted by Gasteiger charge is -2.39. The molecule has 0 spiro atoms. The molecule has 208 valence electrons. The minimum absolute atomic E-state index is 0.164. The molecular formula is C30H28ClN7O3. The number of nitrogens with zero attached hydrogens (tertiary/aromatic N) is 6. The number of hydrogen-bond donors (Lipinski definition) is 1. The summed E-state index contributed by atoms with van der Waals surface area (Å²) >= 11 is 7.15. The topological polar surface area (TPSA) is 108 Å². The van der Waals surface area contributed by atoms with Gasteiger partial charge in [0.15, 0.2) is 11.6 Å². The van der Waals surface area contributed by atoms with Crippen LogP contribution in [0.5, 0.6) is 5.75 Å². The van der Waals surface area contributed by atoms with Crippen LogP contribution in [0.4, 0.5) is 11.5 Å². The molecule has 1 atom stereocenters. The van der Waals surface area contributed by atoms with E-state index in [4.69, 9.17) is 21.3 Å². The number of aryl methyl sites for hydroxylation is 2. The predicted molar refractivity (Wildman–Crippen MR) is 156 cm³/mol. The summed E-state index contributed by atoms with van der Waals surface area (Å²) in [6.07, 6.45) is 6.55. The van der Waals surface area contributed by atoms with Crippen LogP contribution in [0.2, 0.25) is 5.02 Å². The molecule has 3 aromatic heterocycles. The summed E-state index contributed by atoms with van der Waals surface area (Å²) in [6.45, 7) is 7.60. The SMILES string of the molecule is C=CC(=O)N1CCN2C(=O)c3c(N4CCCc5ncccc54)nc(-c4c(C)ccc5[nH]ncc45)c(Cl)c3OC[C@H]2C1. The number of piperazine rings is 1. The molecule has 1 fully saturated rings. The molecule has 0 bridgehead atoms. The average molecular weight is 570 g/mol. The third-order valence-corrected chi connectivity index (χ3v) is 8.57. The zero-order valence-electron chi connectivity index (χ0n) is 22.6. The molecule has 1 N–H and O–H groups in total. The maximum atomic E-state index is 14.4. The van der Waals surface area contributed by atoms with Gasteiger partial charge in [-0.3, -0.25) is 19.7 Å². The Labute approximate surface area is 241 Å². The Kier molecular flexibility index (Phi) is 6.15. The highest BCUT2D eigenvalue weighted by Crippen LogP contribution is 2.47. The molecular weight excluding hydrogens is 542 g/mol. The molecule has 0 radical (unpaired) electrons. The third kappa shape index (κ3) is 4.04. The number of pyridine rings is 2. The molecule has 3 aliphatic heterocycles. The Morgan fingerprint density at radius 1 is 1.22 bits per heavy atom. The summed E-state index contributed by atoms with van der Waals surface area (Å²) in [5.41, 5.74) is 5.37. The maximum absolute atomic E-state index is 14.4. The number of benzene rings is 1. The quantitative estimate of drug-likeness (QED) is 0.367. The fourth-order valence-electron chi connectivity index (χ4n) is 6.19. The lowest BCUT2D eigenvalue weighted by molar-refractivity contribution is -0.128. The molecule has 0 aliphatic carbocycles. The number of anilines is 2. The van der Waals surface area contributed by atoms with E-state index in [0.717, 1.165) is 46.3 Å². The smallest absolute Gasteiger partial charge is 0.261 e. The second kappa shape index (κ2) is 9.88. The van der Waals surface area contributed by atoms with Crippen molar-refractivity contribution in [2.45, 2.75) is 25.8 Å². The van der Waals surface area contributed by atoms with E-state index in [9.17, 15) is 9.59 Å². The minimum atomic E-state index is -0.339. The van der Waals surface area contributed by atoms with Gasteiger partial charge in [0.05, 0.1) is 34.8 Å². The Hall–Kier alpha value is -4.44. The van der Waals surface area contributed by atoms with Crippen molar-refractivity contribution in [1.29, 1.82) is 0 Å². The van der Waals surface area contributed by atoms with E-state index in [1.165, 1.54) is 6.08 Å². The number of nitrogens with one attached hydrogen (secondary N) is 1. The first-order valence-corrected chi connectivity index (χ1v) is 14.1. The summed E-state index contributed by atoms with van der Waals surface area (Å²) in [4.78, 5) is 42.1. The number of amides is 2. The maximum Gasteiger partial charge on any atom is 0.261 e. The fraction of sp³-hybridized carbons (Fsp3) is 0.300. The first-order valence-electron chi connectivity index (χ1n) is 13.7. The number of carbonyl (C=O) groups excluding carboxylic acids is 2. The van der Waals surface area contributed by atoms with Gasteiger partial charge in [-0.05, 0) is 49.6 Å². The second-order valence-corrected chi connectivity index (χ2v) is 10.9. The number of fused-ring (bicyclic) bond motifs is 4. The van der Waals surface area contributed by atoms with E-state index in [0.29, 0.717) is 49.0 Å². The first kappa shape index (κ1) is 25.5. The summed E-state index contributed by atoms with van der Waals surface area (Å²) in [6, 6.07) is 7.54. The van der Waals surface area contributed by atoms with Crippen LogP contribution in [0.15, 0.2) is 49.3 Å². The van der Waals surface area contributed by atoms with Gasteiger partial charge >= 0.3 is 0 Å². The van der Waals surface area contributed by atoms with Crippen molar-refractivity contribution in [3.05, 3.63) is 71.2 Å². The van der Waals surface area contributed by atoms with Gasteiger partial charge in [-0.2, -0.15) is 5.10 Å². The van der Waals surface area contributed by atoms with Crippen LogP contribution in [-0.2, 0) is 11.2 Å². The highest BCUT2D eigenvalue weighted by atomic mass is 35.5. The molecule has 10 nitrogen and oxygen atoms in total. The molecule has 7 rings (SSSR count). The molecule has 1 saturated heterocycles. The van der Waals surface area contributed by atoms with Crippen LogP contribution in [0.3, 0.4) is 0 Å². The van der Waals surface area contributed by atoms with Gasteiger partial charge in [-0.25, -0.2) is 4.98 Å².